The molecule has 17 nitrogen and oxygen atoms in total. The van der Waals surface area contributed by atoms with Gasteiger partial charge in [0.25, 0.3) is 11.8 Å². The van der Waals surface area contributed by atoms with Crippen molar-refractivity contribution in [2.45, 2.75) is 103 Å². The number of nitrogens with zero attached hydrogens (tertiary/aromatic N) is 1. The van der Waals surface area contributed by atoms with Crippen molar-refractivity contribution in [3.8, 4) is 0 Å². The van der Waals surface area contributed by atoms with Crippen molar-refractivity contribution in [1.29, 1.82) is 0 Å². The molecule has 0 radical (unpaired) electrons. The van der Waals surface area contributed by atoms with E-state index in [4.69, 9.17) is 38.4 Å². The van der Waals surface area contributed by atoms with Crippen LogP contribution in [0, 0.1) is 0 Å². The predicted molar refractivity (Wildman–Crippen MR) is 190 cm³/mol. The summed E-state index contributed by atoms with van der Waals surface area (Å²) in [6.45, 7) is 4.74. The number of carboxylic acids is 1. The van der Waals surface area contributed by atoms with Crippen LogP contribution in [0.25, 0.3) is 0 Å². The van der Waals surface area contributed by atoms with E-state index in [1.54, 1.807) is 0 Å². The van der Waals surface area contributed by atoms with Crippen molar-refractivity contribution in [3.63, 3.8) is 0 Å². The first kappa shape index (κ1) is 47.8. The monoisotopic (exact) mass is 761 g/mol. The van der Waals surface area contributed by atoms with Gasteiger partial charge in [-0.3, -0.25) is 24.0 Å². The number of hydrogen-bond donors (Lipinski definition) is 3. The van der Waals surface area contributed by atoms with E-state index in [-0.39, 0.29) is 63.7 Å². The first-order valence-electron chi connectivity index (χ1n) is 19.1. The van der Waals surface area contributed by atoms with Gasteiger partial charge in [0.15, 0.2) is 0 Å². The number of hydroxylamine groups is 2. The molecule has 53 heavy (non-hydrogen) atoms. The number of carbonyl (C=O) groups is 6. The van der Waals surface area contributed by atoms with E-state index in [1.807, 2.05) is 0 Å². The molecular formula is C36H63N3O14. The Balaban J connectivity index is 1.73. The van der Waals surface area contributed by atoms with Gasteiger partial charge in [-0.2, -0.15) is 0 Å². The maximum atomic E-state index is 11.9. The van der Waals surface area contributed by atoms with Gasteiger partial charge in [0.1, 0.15) is 0 Å². The molecule has 1 aliphatic rings. The summed E-state index contributed by atoms with van der Waals surface area (Å²) in [6.07, 6.45) is 11.7. The van der Waals surface area contributed by atoms with E-state index in [0.717, 1.165) is 38.5 Å². The van der Waals surface area contributed by atoms with Crippen molar-refractivity contribution in [2.75, 3.05) is 92.4 Å². The molecule has 0 aromatic carbocycles. The summed E-state index contributed by atoms with van der Waals surface area (Å²) in [5.74, 6) is -2.58. The van der Waals surface area contributed by atoms with Crippen molar-refractivity contribution < 1.29 is 67.1 Å². The SMILES string of the molecule is O=C(O)CCCCCCCCCCCCC(=O)NCCOCCOCCOCCC(=O)NCCOCCOCCOCCC(=O)ON1C(=O)CCC1=O. The minimum absolute atomic E-state index is 0.0453. The van der Waals surface area contributed by atoms with Crippen molar-refractivity contribution in [2.24, 2.45) is 0 Å². The number of carboxylic acid groups (broad SMARTS) is 1. The van der Waals surface area contributed by atoms with Gasteiger partial charge in [0.2, 0.25) is 11.8 Å². The molecule has 0 bridgehead atoms. The van der Waals surface area contributed by atoms with Crippen molar-refractivity contribution >= 4 is 35.6 Å². The lowest BCUT2D eigenvalue weighted by atomic mass is 10.1. The normalized spacial score (nSPS) is 12.7. The Bertz CT molecular complexity index is 1000. The van der Waals surface area contributed by atoms with Crippen LogP contribution in [0.15, 0.2) is 0 Å². The Labute approximate surface area is 313 Å². The molecule has 0 aromatic rings. The molecule has 0 aliphatic carbocycles. The molecular weight excluding hydrogens is 698 g/mol. The first-order chi connectivity index (χ1) is 25.8. The fraction of sp³-hybridized carbons (Fsp3) is 0.833. The van der Waals surface area contributed by atoms with E-state index in [2.05, 4.69) is 10.6 Å². The van der Waals surface area contributed by atoms with Gasteiger partial charge in [-0.05, 0) is 12.8 Å². The van der Waals surface area contributed by atoms with E-state index < -0.39 is 23.8 Å². The molecule has 1 rings (SSSR count). The number of hydrogen-bond acceptors (Lipinski definition) is 13. The number of rotatable bonds is 38. The number of aliphatic carboxylic acids is 1. The summed E-state index contributed by atoms with van der Waals surface area (Å²) >= 11 is 0. The molecule has 0 unspecified atom stereocenters. The highest BCUT2D eigenvalue weighted by molar-refractivity contribution is 6.01. The van der Waals surface area contributed by atoms with Crippen LogP contribution in [0.4, 0.5) is 0 Å². The first-order valence-corrected chi connectivity index (χ1v) is 19.1. The number of carbonyl (C=O) groups excluding carboxylic acids is 5. The van der Waals surface area contributed by atoms with Gasteiger partial charge in [0, 0.05) is 45.2 Å². The number of ether oxygens (including phenoxy) is 6. The topological polar surface area (TPSA) is 215 Å². The summed E-state index contributed by atoms with van der Waals surface area (Å²) in [7, 11) is 0. The zero-order valence-electron chi connectivity index (χ0n) is 31.4. The number of nitrogens with one attached hydrogen (secondary N) is 2. The Kier molecular flexibility index (Phi) is 31.2. The van der Waals surface area contributed by atoms with Crippen LogP contribution in [0.5, 0.6) is 0 Å². The average Bonchev–Trinajstić information content (AvgIpc) is 3.44. The van der Waals surface area contributed by atoms with Crippen molar-refractivity contribution in [1.82, 2.24) is 15.7 Å². The standard InChI is InChI=1S/C36H63N3O14/c40-31(11-9-7-5-3-1-2-4-6-8-10-12-35(44)45)37-17-21-49-25-29-51-27-23-47-19-15-32(41)38-18-22-50-26-30-52-28-24-48-20-16-36(46)53-39-33(42)13-14-34(39)43/h1-30H2,(H,37,40)(H,38,41)(H,44,45). The molecule has 3 N–H and O–H groups in total. The zero-order chi connectivity index (χ0) is 38.6. The Hall–Kier alpha value is -3.22. The highest BCUT2D eigenvalue weighted by Crippen LogP contribution is 2.13. The van der Waals surface area contributed by atoms with Gasteiger partial charge in [-0.15, -0.1) is 5.06 Å². The molecule has 0 aromatic heterocycles. The van der Waals surface area contributed by atoms with Crippen LogP contribution < -0.4 is 10.6 Å². The molecule has 1 saturated heterocycles. The fourth-order valence-electron chi connectivity index (χ4n) is 4.89. The lowest BCUT2D eigenvalue weighted by Gasteiger charge is -2.12. The second kappa shape index (κ2) is 34.5. The lowest BCUT2D eigenvalue weighted by molar-refractivity contribution is -0.198. The minimum atomic E-state index is -0.718. The van der Waals surface area contributed by atoms with Crippen LogP contribution in [0.3, 0.4) is 0 Å². The Morgan fingerprint density at radius 3 is 1.28 bits per heavy atom. The third-order valence-electron chi connectivity index (χ3n) is 7.79. The highest BCUT2D eigenvalue weighted by atomic mass is 16.7. The number of unbranched alkanes of at least 4 members (excludes halogenated alkanes) is 9. The Morgan fingerprint density at radius 2 is 0.830 bits per heavy atom. The molecule has 1 aliphatic heterocycles. The second-order valence-corrected chi connectivity index (χ2v) is 12.3. The second-order valence-electron chi connectivity index (χ2n) is 12.3. The summed E-state index contributed by atoms with van der Waals surface area (Å²) in [5, 5.41) is 14.7. The Morgan fingerprint density at radius 1 is 0.472 bits per heavy atom. The van der Waals surface area contributed by atoms with Gasteiger partial charge < -0.3 is 49.0 Å². The molecule has 1 fully saturated rings. The average molecular weight is 762 g/mol. The molecule has 4 amide bonds. The van der Waals surface area contributed by atoms with Crippen LogP contribution in [0.1, 0.15) is 103 Å². The van der Waals surface area contributed by atoms with E-state index in [0.29, 0.717) is 84.0 Å². The summed E-state index contributed by atoms with van der Waals surface area (Å²) < 4.78 is 32.4. The van der Waals surface area contributed by atoms with Gasteiger partial charge in [-0.1, -0.05) is 51.4 Å². The van der Waals surface area contributed by atoms with Gasteiger partial charge >= 0.3 is 11.9 Å². The maximum absolute atomic E-state index is 11.9. The summed E-state index contributed by atoms with van der Waals surface area (Å²) in [5.41, 5.74) is 0. The van der Waals surface area contributed by atoms with Gasteiger partial charge in [0.05, 0.1) is 85.7 Å². The van der Waals surface area contributed by atoms with E-state index in [9.17, 15) is 28.8 Å². The van der Waals surface area contributed by atoms with Crippen molar-refractivity contribution in [3.05, 3.63) is 0 Å². The number of imide groups is 1. The molecule has 17 heteroatoms. The zero-order valence-corrected chi connectivity index (χ0v) is 31.4. The molecule has 0 atom stereocenters. The molecule has 1 heterocycles. The van der Waals surface area contributed by atoms with Crippen LogP contribution in [-0.4, -0.2) is 138 Å². The quantitative estimate of drug-likeness (QED) is 0.0609. The molecule has 306 valence electrons. The van der Waals surface area contributed by atoms with Crippen LogP contribution in [-0.2, 0) is 62.0 Å². The highest BCUT2D eigenvalue weighted by Gasteiger charge is 2.32. The third kappa shape index (κ3) is 30.9. The molecule has 0 spiro atoms. The van der Waals surface area contributed by atoms with E-state index in [1.165, 1.54) is 25.7 Å². The summed E-state index contributed by atoms with van der Waals surface area (Å²) in [6, 6.07) is 0. The fourth-order valence-corrected chi connectivity index (χ4v) is 4.89. The third-order valence-corrected chi connectivity index (χ3v) is 7.79. The predicted octanol–water partition coefficient (Wildman–Crippen LogP) is 2.47. The smallest absolute Gasteiger partial charge is 0.335 e. The minimum Gasteiger partial charge on any atom is -0.481 e. The van der Waals surface area contributed by atoms with Crippen LogP contribution in [0.2, 0.25) is 0 Å². The maximum Gasteiger partial charge on any atom is 0.335 e. The van der Waals surface area contributed by atoms with Gasteiger partial charge in [-0.25, -0.2) is 4.79 Å². The lowest BCUT2D eigenvalue weighted by Crippen LogP contribution is -2.32. The molecule has 0 saturated carbocycles. The number of amides is 4. The van der Waals surface area contributed by atoms with E-state index >= 15 is 0 Å². The van der Waals surface area contributed by atoms with Crippen LogP contribution >= 0.6 is 0 Å². The summed E-state index contributed by atoms with van der Waals surface area (Å²) in [4.78, 5) is 73.5. The largest absolute Gasteiger partial charge is 0.481 e.